The van der Waals surface area contributed by atoms with Crippen molar-refractivity contribution in [3.63, 3.8) is 0 Å². The topological polar surface area (TPSA) is 65.5 Å². The minimum absolute atomic E-state index is 0. The summed E-state index contributed by atoms with van der Waals surface area (Å²) in [6.45, 7) is 2.39. The summed E-state index contributed by atoms with van der Waals surface area (Å²) in [5, 5.41) is 9.38. The van der Waals surface area contributed by atoms with E-state index in [1.54, 1.807) is 20.2 Å². The molecule has 3 N–H and O–H groups in total. The summed E-state index contributed by atoms with van der Waals surface area (Å²) in [6.07, 6.45) is 0.354. The second-order valence-electron chi connectivity index (χ2n) is 3.96. The first-order chi connectivity index (χ1) is 9.08. The average Bonchev–Trinajstić information content (AvgIpc) is 2.40. The molecule has 7 heteroatoms. The lowest BCUT2D eigenvalue weighted by Gasteiger charge is -2.11. The summed E-state index contributed by atoms with van der Waals surface area (Å²) in [6, 6.07) is 5.44. The van der Waals surface area contributed by atoms with Gasteiger partial charge >= 0.3 is 0 Å². The van der Waals surface area contributed by atoms with Gasteiger partial charge in [-0.15, -0.1) is 24.0 Å². The third-order valence-electron chi connectivity index (χ3n) is 2.65. The van der Waals surface area contributed by atoms with Gasteiger partial charge in [0.05, 0.1) is 0 Å². The van der Waals surface area contributed by atoms with E-state index in [1.165, 1.54) is 0 Å². The van der Waals surface area contributed by atoms with E-state index in [0.29, 0.717) is 23.9 Å². The van der Waals surface area contributed by atoms with Crippen LogP contribution < -0.4 is 16.0 Å². The van der Waals surface area contributed by atoms with Gasteiger partial charge in [0.1, 0.15) is 0 Å². The number of nitrogens with zero attached hydrogens (tertiary/aromatic N) is 1. The molecule has 0 spiro atoms. The molecule has 0 unspecified atom stereocenters. The normalized spacial score (nSPS) is 10.5. The quantitative estimate of drug-likeness (QED) is 0.406. The molecule has 0 fully saturated rings. The maximum atomic E-state index is 11.8. The first-order valence-electron chi connectivity index (χ1n) is 6.02. The molecule has 0 saturated heterocycles. The number of hydrogen-bond donors (Lipinski definition) is 3. The molecule has 1 aromatic rings. The molecule has 20 heavy (non-hydrogen) atoms. The summed E-state index contributed by atoms with van der Waals surface area (Å²) in [7, 11) is 3.44. The lowest BCUT2D eigenvalue weighted by atomic mass is 10.2. The standard InChI is InChI=1S/C13H19ClN4O.HI/c1-9-10(14)5-4-6-11(9)18-12(19)7-8-17-13(15-2)16-3;/h4-6H,7-8H2,1-3H3,(H,18,19)(H2,15,16,17);1H. The molecule has 0 bridgehead atoms. The zero-order valence-corrected chi connectivity index (χ0v) is 14.9. The van der Waals surface area contributed by atoms with E-state index in [9.17, 15) is 4.79 Å². The molecular weight excluding hydrogens is 391 g/mol. The number of rotatable bonds is 4. The fourth-order valence-corrected chi connectivity index (χ4v) is 1.70. The Morgan fingerprint density at radius 3 is 2.70 bits per heavy atom. The van der Waals surface area contributed by atoms with Crippen LogP contribution in [0.4, 0.5) is 5.69 Å². The Balaban J connectivity index is 0.00000361. The van der Waals surface area contributed by atoms with Crippen molar-refractivity contribution in [2.24, 2.45) is 4.99 Å². The SMILES string of the molecule is CN=C(NC)NCCC(=O)Nc1cccc(Cl)c1C.I. The largest absolute Gasteiger partial charge is 0.359 e. The van der Waals surface area contributed by atoms with Crippen molar-refractivity contribution in [3.05, 3.63) is 28.8 Å². The van der Waals surface area contributed by atoms with Crippen LogP contribution in [-0.2, 0) is 4.79 Å². The zero-order valence-electron chi connectivity index (χ0n) is 11.8. The predicted molar refractivity (Wildman–Crippen MR) is 95.3 cm³/mol. The van der Waals surface area contributed by atoms with Gasteiger partial charge in [0.25, 0.3) is 0 Å². The molecule has 0 radical (unpaired) electrons. The Kier molecular flexibility index (Phi) is 9.32. The van der Waals surface area contributed by atoms with Crippen LogP contribution in [0, 0.1) is 6.92 Å². The van der Waals surface area contributed by atoms with Crippen molar-refractivity contribution < 1.29 is 4.79 Å². The number of anilines is 1. The highest BCUT2D eigenvalue weighted by Crippen LogP contribution is 2.22. The number of nitrogens with one attached hydrogen (secondary N) is 3. The number of carbonyl (C=O) groups excluding carboxylic acids is 1. The molecule has 5 nitrogen and oxygen atoms in total. The van der Waals surface area contributed by atoms with E-state index in [0.717, 1.165) is 11.3 Å². The van der Waals surface area contributed by atoms with Crippen LogP contribution in [0.3, 0.4) is 0 Å². The summed E-state index contributed by atoms with van der Waals surface area (Å²) >= 11 is 5.99. The van der Waals surface area contributed by atoms with Crippen LogP contribution in [0.25, 0.3) is 0 Å². The highest BCUT2D eigenvalue weighted by Gasteiger charge is 2.06. The number of carbonyl (C=O) groups is 1. The Bertz CT molecular complexity index is 479. The van der Waals surface area contributed by atoms with Gasteiger partial charge in [0.2, 0.25) is 5.91 Å². The summed E-state index contributed by atoms with van der Waals surface area (Å²) in [5.41, 5.74) is 1.62. The van der Waals surface area contributed by atoms with Gasteiger partial charge in [0, 0.05) is 37.8 Å². The van der Waals surface area contributed by atoms with Crippen LogP contribution in [0.2, 0.25) is 5.02 Å². The molecule has 0 aromatic heterocycles. The fraction of sp³-hybridized carbons (Fsp3) is 0.385. The first kappa shape index (κ1) is 19.0. The maximum absolute atomic E-state index is 11.8. The number of guanidine groups is 1. The van der Waals surface area contributed by atoms with E-state index in [1.807, 2.05) is 19.1 Å². The Morgan fingerprint density at radius 2 is 2.10 bits per heavy atom. The highest BCUT2D eigenvalue weighted by molar-refractivity contribution is 14.0. The van der Waals surface area contributed by atoms with Crippen LogP contribution in [0.5, 0.6) is 0 Å². The van der Waals surface area contributed by atoms with Crippen LogP contribution in [0.15, 0.2) is 23.2 Å². The van der Waals surface area contributed by atoms with Crippen LogP contribution >= 0.6 is 35.6 Å². The minimum Gasteiger partial charge on any atom is -0.359 e. The van der Waals surface area contributed by atoms with E-state index in [2.05, 4.69) is 20.9 Å². The highest BCUT2D eigenvalue weighted by atomic mass is 127. The summed E-state index contributed by atoms with van der Waals surface area (Å²) in [4.78, 5) is 15.7. The van der Waals surface area contributed by atoms with Crippen molar-refractivity contribution in [2.45, 2.75) is 13.3 Å². The average molecular weight is 411 g/mol. The summed E-state index contributed by atoms with van der Waals surface area (Å²) in [5.74, 6) is 0.594. The van der Waals surface area contributed by atoms with Gasteiger partial charge in [0.15, 0.2) is 5.96 Å². The van der Waals surface area contributed by atoms with E-state index in [4.69, 9.17) is 11.6 Å². The molecule has 1 rings (SSSR count). The van der Waals surface area contributed by atoms with Gasteiger partial charge in [-0.2, -0.15) is 0 Å². The minimum atomic E-state index is -0.0653. The third kappa shape index (κ3) is 5.96. The maximum Gasteiger partial charge on any atom is 0.226 e. The molecule has 0 atom stereocenters. The van der Waals surface area contributed by atoms with Crippen molar-refractivity contribution in [1.29, 1.82) is 0 Å². The first-order valence-corrected chi connectivity index (χ1v) is 6.39. The monoisotopic (exact) mass is 410 g/mol. The lowest BCUT2D eigenvalue weighted by molar-refractivity contribution is -0.116. The molecule has 112 valence electrons. The fourth-order valence-electron chi connectivity index (χ4n) is 1.53. The van der Waals surface area contributed by atoms with Gasteiger partial charge in [-0.25, -0.2) is 0 Å². The summed E-state index contributed by atoms with van der Waals surface area (Å²) < 4.78 is 0. The molecule has 0 aliphatic rings. The second-order valence-corrected chi connectivity index (χ2v) is 4.37. The zero-order chi connectivity index (χ0) is 14.3. The van der Waals surface area contributed by atoms with Gasteiger partial charge in [-0.1, -0.05) is 17.7 Å². The Hall–Kier alpha value is -1.02. The second kappa shape index (κ2) is 9.82. The number of halogens is 2. The Morgan fingerprint density at radius 1 is 1.40 bits per heavy atom. The molecular formula is C13H20ClIN4O. The smallest absolute Gasteiger partial charge is 0.226 e. The Labute approximate surface area is 141 Å². The third-order valence-corrected chi connectivity index (χ3v) is 3.06. The van der Waals surface area contributed by atoms with Crippen LogP contribution in [-0.4, -0.2) is 32.5 Å². The van der Waals surface area contributed by atoms with Crippen LogP contribution in [0.1, 0.15) is 12.0 Å². The van der Waals surface area contributed by atoms with Gasteiger partial charge in [-0.05, 0) is 24.6 Å². The number of hydrogen-bond acceptors (Lipinski definition) is 2. The van der Waals surface area contributed by atoms with E-state index < -0.39 is 0 Å². The molecule has 0 heterocycles. The number of aliphatic imine (C=N–C) groups is 1. The van der Waals surface area contributed by atoms with Crippen molar-refractivity contribution >= 4 is 53.1 Å². The predicted octanol–water partition coefficient (Wildman–Crippen LogP) is 2.39. The molecule has 0 saturated carbocycles. The van der Waals surface area contributed by atoms with Gasteiger partial charge in [-0.3, -0.25) is 9.79 Å². The molecule has 0 aliphatic carbocycles. The lowest BCUT2D eigenvalue weighted by Crippen LogP contribution is -2.36. The number of amides is 1. The molecule has 1 aromatic carbocycles. The van der Waals surface area contributed by atoms with Crippen molar-refractivity contribution in [1.82, 2.24) is 10.6 Å². The van der Waals surface area contributed by atoms with Crippen molar-refractivity contribution in [3.8, 4) is 0 Å². The molecule has 0 aliphatic heterocycles. The van der Waals surface area contributed by atoms with Gasteiger partial charge < -0.3 is 16.0 Å². The van der Waals surface area contributed by atoms with Crippen molar-refractivity contribution in [2.75, 3.05) is 26.0 Å². The van der Waals surface area contributed by atoms with E-state index >= 15 is 0 Å². The number of benzene rings is 1. The molecule has 1 amide bonds. The van der Waals surface area contributed by atoms with E-state index in [-0.39, 0.29) is 29.9 Å².